The Bertz CT molecular complexity index is 1560. The molecule has 0 bridgehead atoms. The van der Waals surface area contributed by atoms with Gasteiger partial charge in [-0.05, 0) is 71.2 Å². The van der Waals surface area contributed by atoms with Crippen molar-refractivity contribution in [3.05, 3.63) is 53.0 Å². The van der Waals surface area contributed by atoms with Crippen molar-refractivity contribution < 1.29 is 9.53 Å². The monoisotopic (exact) mass is 588 g/mol. The number of hydrogen-bond donors (Lipinski definition) is 1. The van der Waals surface area contributed by atoms with Crippen molar-refractivity contribution in [2.45, 2.75) is 65.0 Å². The maximum Gasteiger partial charge on any atom is 0.419 e. The third-order valence-corrected chi connectivity index (χ3v) is 9.57. The normalized spacial score (nSPS) is 18.2. The summed E-state index contributed by atoms with van der Waals surface area (Å²) < 4.78 is 7.56. The molecular weight excluding hydrogens is 544 g/mol. The number of benzene rings is 2. The highest BCUT2D eigenvalue weighted by atomic mass is 32.1. The van der Waals surface area contributed by atoms with Crippen molar-refractivity contribution in [1.29, 1.82) is 0 Å². The van der Waals surface area contributed by atoms with Gasteiger partial charge in [-0.2, -0.15) is 0 Å². The first-order valence-corrected chi connectivity index (χ1v) is 16.2. The highest BCUT2D eigenvalue weighted by molar-refractivity contribution is 7.15. The third kappa shape index (κ3) is 5.87. The summed E-state index contributed by atoms with van der Waals surface area (Å²) in [6, 6.07) is 15.1. The van der Waals surface area contributed by atoms with E-state index in [0.717, 1.165) is 80.5 Å². The van der Waals surface area contributed by atoms with Crippen LogP contribution in [0.25, 0.3) is 21.8 Å². The number of ether oxygens (including phenoxy) is 1. The topological polar surface area (TPSA) is 79.9 Å². The van der Waals surface area contributed by atoms with Gasteiger partial charge in [-0.1, -0.05) is 31.2 Å². The molecule has 2 aromatic heterocycles. The van der Waals surface area contributed by atoms with Crippen LogP contribution < -0.4 is 10.6 Å². The molecule has 2 aromatic carbocycles. The van der Waals surface area contributed by atoms with Crippen molar-refractivity contribution in [3.63, 3.8) is 0 Å². The number of piperazine rings is 1. The Morgan fingerprint density at radius 3 is 2.60 bits per heavy atom. The first-order chi connectivity index (χ1) is 20.2. The quantitative estimate of drug-likeness (QED) is 0.283. The molecule has 3 heterocycles. The van der Waals surface area contributed by atoms with Gasteiger partial charge < -0.3 is 15.4 Å². The maximum absolute atomic E-state index is 13.3. The lowest BCUT2D eigenvalue weighted by molar-refractivity contribution is 0.0551. The molecule has 0 radical (unpaired) electrons. The number of anilines is 2. The fourth-order valence-electron chi connectivity index (χ4n) is 6.70. The first kappa shape index (κ1) is 29.0. The van der Waals surface area contributed by atoms with Gasteiger partial charge in [0.1, 0.15) is 5.60 Å². The van der Waals surface area contributed by atoms with Crippen LogP contribution in [0.1, 0.15) is 51.1 Å². The van der Waals surface area contributed by atoms with Gasteiger partial charge in [-0.3, -0.25) is 9.80 Å². The Labute approximate surface area is 253 Å². The van der Waals surface area contributed by atoms with Gasteiger partial charge in [-0.15, -0.1) is 11.3 Å². The molecular formula is C33H44N6O2S. The molecule has 1 aliphatic heterocycles. The molecule has 9 heteroatoms. The van der Waals surface area contributed by atoms with Crippen molar-refractivity contribution in [1.82, 2.24) is 19.4 Å². The van der Waals surface area contributed by atoms with Crippen molar-refractivity contribution in [2.24, 2.45) is 0 Å². The largest absolute Gasteiger partial charge is 0.443 e. The standard InChI is InChI=1S/C33H44N6O2S/c1-5-15-37(23-13-14-25-29(22-23)42-31(34)35-25)19-16-36-17-20-38(21-18-36)27-11-8-12-28-30(27)24-9-6-7-10-26(24)39(28)32(40)41-33(2,3)4/h6-12,23H,5,13-22H2,1-4H3,(H2,34,35). The highest BCUT2D eigenvalue weighted by Crippen LogP contribution is 2.37. The minimum atomic E-state index is -0.565. The molecule has 8 nitrogen and oxygen atoms in total. The van der Waals surface area contributed by atoms with Gasteiger partial charge in [0.25, 0.3) is 0 Å². The van der Waals surface area contributed by atoms with Crippen LogP contribution in [-0.2, 0) is 17.6 Å². The maximum atomic E-state index is 13.3. The fourth-order valence-corrected chi connectivity index (χ4v) is 7.65. The van der Waals surface area contributed by atoms with E-state index in [-0.39, 0.29) is 6.09 Å². The molecule has 1 unspecified atom stereocenters. The lowest BCUT2D eigenvalue weighted by atomic mass is 9.96. The molecule has 2 N–H and O–H groups in total. The molecule has 1 aliphatic carbocycles. The van der Waals surface area contributed by atoms with Crippen LogP contribution in [-0.4, -0.2) is 82.9 Å². The van der Waals surface area contributed by atoms with E-state index in [1.54, 1.807) is 15.9 Å². The summed E-state index contributed by atoms with van der Waals surface area (Å²) in [6.07, 6.45) is 4.13. The minimum Gasteiger partial charge on any atom is -0.443 e. The molecule has 0 saturated carbocycles. The number of carbonyl (C=O) groups is 1. The second-order valence-electron chi connectivity index (χ2n) is 12.7. The van der Waals surface area contributed by atoms with E-state index in [2.05, 4.69) is 50.9 Å². The summed E-state index contributed by atoms with van der Waals surface area (Å²) in [5, 5.41) is 2.93. The number of fused-ring (bicyclic) bond motifs is 4. The Kier molecular flexibility index (Phi) is 8.18. The van der Waals surface area contributed by atoms with Crippen molar-refractivity contribution >= 4 is 50.1 Å². The minimum absolute atomic E-state index is 0.333. The number of nitrogen functional groups attached to an aromatic ring is 1. The number of hydrogen-bond acceptors (Lipinski definition) is 8. The molecule has 4 aromatic rings. The number of para-hydroxylation sites is 1. The summed E-state index contributed by atoms with van der Waals surface area (Å²) in [5.41, 5.74) is 9.65. The molecule has 6 rings (SSSR count). The first-order valence-electron chi connectivity index (χ1n) is 15.4. The number of rotatable bonds is 7. The molecule has 1 saturated heterocycles. The third-order valence-electron chi connectivity index (χ3n) is 8.63. The molecule has 42 heavy (non-hydrogen) atoms. The number of aryl methyl sites for hydroxylation is 1. The Morgan fingerprint density at radius 2 is 1.83 bits per heavy atom. The van der Waals surface area contributed by atoms with E-state index in [0.29, 0.717) is 11.2 Å². The van der Waals surface area contributed by atoms with Crippen molar-refractivity contribution in [2.75, 3.05) is 56.4 Å². The second kappa shape index (κ2) is 11.9. The summed E-state index contributed by atoms with van der Waals surface area (Å²) in [7, 11) is 0. The lowest BCUT2D eigenvalue weighted by Crippen LogP contribution is -2.50. The molecule has 1 fully saturated rings. The fraction of sp³-hybridized carbons (Fsp3) is 0.515. The van der Waals surface area contributed by atoms with Gasteiger partial charge in [-0.25, -0.2) is 14.3 Å². The van der Waals surface area contributed by atoms with Gasteiger partial charge >= 0.3 is 6.09 Å². The summed E-state index contributed by atoms with van der Waals surface area (Å²) in [5.74, 6) is 0. The van der Waals surface area contributed by atoms with Gasteiger partial charge in [0.2, 0.25) is 0 Å². The van der Waals surface area contributed by atoms with Crippen LogP contribution in [0.3, 0.4) is 0 Å². The zero-order chi connectivity index (χ0) is 29.4. The van der Waals surface area contributed by atoms with Crippen LogP contribution in [0, 0.1) is 0 Å². The van der Waals surface area contributed by atoms with E-state index >= 15 is 0 Å². The van der Waals surface area contributed by atoms with Gasteiger partial charge in [0.15, 0.2) is 5.13 Å². The Hall–Kier alpha value is -3.14. The van der Waals surface area contributed by atoms with Gasteiger partial charge in [0, 0.05) is 66.6 Å². The van der Waals surface area contributed by atoms with Crippen LogP contribution in [0.4, 0.5) is 15.6 Å². The van der Waals surface area contributed by atoms with E-state index in [9.17, 15) is 4.79 Å². The Morgan fingerprint density at radius 1 is 1.07 bits per heavy atom. The number of carbonyl (C=O) groups excluding carboxylic acids is 1. The zero-order valence-electron chi connectivity index (χ0n) is 25.4. The lowest BCUT2D eigenvalue weighted by Gasteiger charge is -2.39. The van der Waals surface area contributed by atoms with Crippen LogP contribution >= 0.6 is 11.3 Å². The molecule has 0 amide bonds. The van der Waals surface area contributed by atoms with E-state index < -0.39 is 5.60 Å². The van der Waals surface area contributed by atoms with E-state index in [1.165, 1.54) is 29.1 Å². The van der Waals surface area contributed by atoms with Crippen LogP contribution in [0.15, 0.2) is 42.5 Å². The average Bonchev–Trinajstić information content (AvgIpc) is 3.51. The molecule has 224 valence electrons. The highest BCUT2D eigenvalue weighted by Gasteiger charge is 2.28. The van der Waals surface area contributed by atoms with Crippen LogP contribution in [0.2, 0.25) is 0 Å². The number of aromatic nitrogens is 2. The number of nitrogens with two attached hydrogens (primary N) is 1. The Balaban J connectivity index is 1.15. The van der Waals surface area contributed by atoms with E-state index in [1.807, 2.05) is 39.0 Å². The molecule has 2 aliphatic rings. The number of thiazole rings is 1. The molecule has 1 atom stereocenters. The average molecular weight is 589 g/mol. The second-order valence-corrected chi connectivity index (χ2v) is 13.8. The smallest absolute Gasteiger partial charge is 0.419 e. The zero-order valence-corrected chi connectivity index (χ0v) is 26.3. The van der Waals surface area contributed by atoms with E-state index in [4.69, 9.17) is 10.5 Å². The summed E-state index contributed by atoms with van der Waals surface area (Å²) >= 11 is 1.68. The summed E-state index contributed by atoms with van der Waals surface area (Å²) in [4.78, 5) is 27.1. The SMILES string of the molecule is CCCN(CCN1CCN(c2cccc3c2c2ccccc2n3C(=O)OC(C)(C)C)CC1)C1CCc2nc(N)sc2C1. The van der Waals surface area contributed by atoms with Gasteiger partial charge in [0.05, 0.1) is 16.7 Å². The predicted octanol–water partition coefficient (Wildman–Crippen LogP) is 6.01. The summed E-state index contributed by atoms with van der Waals surface area (Å²) in [6.45, 7) is 15.3. The van der Waals surface area contributed by atoms with Crippen LogP contribution in [0.5, 0.6) is 0 Å². The number of nitrogens with zero attached hydrogens (tertiary/aromatic N) is 5. The predicted molar refractivity (Wildman–Crippen MR) is 174 cm³/mol. The van der Waals surface area contributed by atoms with Crippen molar-refractivity contribution in [3.8, 4) is 0 Å². The molecule has 0 spiro atoms.